The number of fused-ring (bicyclic) bond motifs is 3. The number of nitrogens with zero attached hydrogens (tertiary/aromatic N) is 2. The Morgan fingerprint density at radius 1 is 1.12 bits per heavy atom. The summed E-state index contributed by atoms with van der Waals surface area (Å²) >= 11 is 13.1. The number of rotatable bonds is 1. The molecule has 0 bridgehead atoms. The van der Waals surface area contributed by atoms with Crippen LogP contribution in [-0.2, 0) is 4.79 Å². The molecule has 5 nitrogen and oxygen atoms in total. The summed E-state index contributed by atoms with van der Waals surface area (Å²) in [4.78, 5) is 28.7. The molecule has 1 aliphatic rings. The molecular formula is C17H9Cl2N3O2S. The molecule has 4 rings (SSSR count). The second-order valence-corrected chi connectivity index (χ2v) is 7.19. The molecule has 8 heteroatoms. The molecule has 25 heavy (non-hydrogen) atoms. The molecule has 3 aromatic rings. The summed E-state index contributed by atoms with van der Waals surface area (Å²) in [6.07, 6.45) is 4.41. The highest BCUT2D eigenvalue weighted by Crippen LogP contribution is 2.29. The quantitative estimate of drug-likeness (QED) is 0.687. The minimum absolute atomic E-state index is 0.0209. The van der Waals surface area contributed by atoms with E-state index in [4.69, 9.17) is 28.9 Å². The van der Waals surface area contributed by atoms with E-state index in [0.29, 0.717) is 10.5 Å². The van der Waals surface area contributed by atoms with E-state index in [0.717, 1.165) is 10.2 Å². The lowest BCUT2D eigenvalue weighted by Gasteiger charge is -2.08. The Bertz CT molecular complexity index is 1190. The first-order valence-electron chi connectivity index (χ1n) is 7.16. The molecule has 0 spiro atoms. The monoisotopic (exact) mass is 389 g/mol. The summed E-state index contributed by atoms with van der Waals surface area (Å²) in [5, 5.41) is -0.0418. The van der Waals surface area contributed by atoms with Gasteiger partial charge in [-0.2, -0.15) is 4.98 Å². The predicted molar refractivity (Wildman–Crippen MR) is 102 cm³/mol. The molecule has 2 N–H and O–H groups in total. The van der Waals surface area contributed by atoms with Crippen molar-refractivity contribution in [3.05, 3.63) is 68.0 Å². The summed E-state index contributed by atoms with van der Waals surface area (Å²) in [6.45, 7) is 0. The molecule has 124 valence electrons. The largest absolute Gasteiger partial charge is 0.384 e. The normalized spacial score (nSPS) is 14.8. The van der Waals surface area contributed by atoms with Gasteiger partial charge in [0.05, 0.1) is 25.8 Å². The van der Waals surface area contributed by atoms with Crippen LogP contribution in [0, 0.1) is 0 Å². The highest BCUT2D eigenvalue weighted by molar-refractivity contribution is 7.23. The molecule has 0 saturated carbocycles. The van der Waals surface area contributed by atoms with Gasteiger partial charge in [-0.3, -0.25) is 14.0 Å². The van der Waals surface area contributed by atoms with Crippen LogP contribution in [0.2, 0.25) is 0 Å². The van der Waals surface area contributed by atoms with Crippen LogP contribution < -0.4 is 11.3 Å². The molecule has 0 saturated heterocycles. The van der Waals surface area contributed by atoms with E-state index in [9.17, 15) is 9.59 Å². The van der Waals surface area contributed by atoms with Gasteiger partial charge in [-0.25, -0.2) is 0 Å². The number of para-hydroxylation sites is 1. The molecule has 0 fully saturated rings. The van der Waals surface area contributed by atoms with Crippen LogP contribution in [0.3, 0.4) is 0 Å². The zero-order chi connectivity index (χ0) is 17.7. The number of hydrogen-bond acceptors (Lipinski definition) is 5. The number of carbonyl (C=O) groups is 1. The smallest absolute Gasteiger partial charge is 0.283 e. The van der Waals surface area contributed by atoms with Crippen molar-refractivity contribution in [3.63, 3.8) is 0 Å². The molecule has 2 aromatic heterocycles. The SMILES string of the molecule is Nc1c(C=C2C=C(Cl)C(=O)C(Cl)=C2)c(=O)nc2sc3ccccc3n12. The van der Waals surface area contributed by atoms with Gasteiger partial charge in [0.25, 0.3) is 5.56 Å². The number of allylic oxidation sites excluding steroid dienone is 5. The third kappa shape index (κ3) is 2.59. The standard InChI is InChI=1S/C17H9Cl2N3O2S/c18-10-6-8(7-11(19)14(10)23)5-9-15(20)22-12-3-1-2-4-13(12)25-17(22)21-16(9)24/h1-7H,20H2. The topological polar surface area (TPSA) is 77.5 Å². The molecule has 0 atom stereocenters. The van der Waals surface area contributed by atoms with Crippen molar-refractivity contribution in [2.24, 2.45) is 0 Å². The number of aromatic nitrogens is 2. The first-order chi connectivity index (χ1) is 12.0. The number of thiazole rings is 1. The minimum atomic E-state index is -0.456. The van der Waals surface area contributed by atoms with Crippen LogP contribution in [0.5, 0.6) is 0 Å². The van der Waals surface area contributed by atoms with E-state index in [2.05, 4.69) is 4.98 Å². The van der Waals surface area contributed by atoms with E-state index in [1.807, 2.05) is 24.3 Å². The zero-order valence-corrected chi connectivity index (χ0v) is 14.8. The number of ketones is 1. The van der Waals surface area contributed by atoms with Gasteiger partial charge < -0.3 is 5.73 Å². The van der Waals surface area contributed by atoms with Gasteiger partial charge in [0.15, 0.2) is 4.96 Å². The minimum Gasteiger partial charge on any atom is -0.384 e. The Labute approximate surface area is 155 Å². The lowest BCUT2D eigenvalue weighted by molar-refractivity contribution is -0.111. The summed E-state index contributed by atoms with van der Waals surface area (Å²) in [5.41, 5.74) is 7.38. The lowest BCUT2D eigenvalue weighted by atomic mass is 10.1. The van der Waals surface area contributed by atoms with E-state index < -0.39 is 11.3 Å². The van der Waals surface area contributed by atoms with Crippen LogP contribution in [0.4, 0.5) is 5.82 Å². The van der Waals surface area contributed by atoms with Gasteiger partial charge in [-0.05, 0) is 35.9 Å². The third-order valence-corrected chi connectivity index (χ3v) is 5.36. The van der Waals surface area contributed by atoms with E-state index in [-0.39, 0.29) is 21.4 Å². The lowest BCUT2D eigenvalue weighted by Crippen LogP contribution is -2.16. The number of nitrogen functional groups attached to an aromatic ring is 1. The van der Waals surface area contributed by atoms with Gasteiger partial charge >= 0.3 is 0 Å². The Morgan fingerprint density at radius 3 is 2.52 bits per heavy atom. The number of carbonyl (C=O) groups excluding carboxylic acids is 1. The molecule has 1 aromatic carbocycles. The fourth-order valence-electron chi connectivity index (χ4n) is 2.62. The molecule has 0 unspecified atom stereocenters. The number of Topliss-reactive ketones (excluding diaryl/α,β-unsaturated/α-hetero) is 1. The highest BCUT2D eigenvalue weighted by atomic mass is 35.5. The van der Waals surface area contributed by atoms with Crippen LogP contribution in [-0.4, -0.2) is 15.2 Å². The van der Waals surface area contributed by atoms with Crippen molar-refractivity contribution in [1.82, 2.24) is 9.38 Å². The number of benzene rings is 1. The first kappa shape index (κ1) is 16.1. The summed E-state index contributed by atoms with van der Waals surface area (Å²) < 4.78 is 2.71. The van der Waals surface area contributed by atoms with Crippen LogP contribution in [0.15, 0.2) is 56.8 Å². The molecule has 0 aliphatic heterocycles. The predicted octanol–water partition coefficient (Wildman–Crippen LogP) is 3.70. The Balaban J connectivity index is 2.00. The molecular weight excluding hydrogens is 381 g/mol. The maximum Gasteiger partial charge on any atom is 0.283 e. The van der Waals surface area contributed by atoms with Crippen LogP contribution >= 0.6 is 34.5 Å². The Morgan fingerprint density at radius 2 is 1.80 bits per heavy atom. The van der Waals surface area contributed by atoms with Gasteiger partial charge in [-0.15, -0.1) is 0 Å². The Hall–Kier alpha value is -2.41. The van der Waals surface area contributed by atoms with Gasteiger partial charge in [-0.1, -0.05) is 46.7 Å². The van der Waals surface area contributed by atoms with Crippen LogP contribution in [0.1, 0.15) is 5.56 Å². The number of halogens is 2. The summed E-state index contributed by atoms with van der Waals surface area (Å²) in [7, 11) is 0. The van der Waals surface area contributed by atoms with Gasteiger partial charge in [0.2, 0.25) is 5.78 Å². The van der Waals surface area contributed by atoms with Crippen molar-refractivity contribution in [2.75, 3.05) is 5.73 Å². The number of anilines is 1. The maximum absolute atomic E-state index is 12.4. The van der Waals surface area contributed by atoms with E-state index in [1.165, 1.54) is 29.6 Å². The van der Waals surface area contributed by atoms with Gasteiger partial charge in [0.1, 0.15) is 5.82 Å². The van der Waals surface area contributed by atoms with Crippen LogP contribution in [0.25, 0.3) is 21.3 Å². The number of nitrogens with two attached hydrogens (primary N) is 1. The second kappa shape index (κ2) is 5.84. The fraction of sp³-hybridized carbons (Fsp3) is 0. The fourth-order valence-corrected chi connectivity index (χ4v) is 4.15. The highest BCUT2D eigenvalue weighted by Gasteiger charge is 2.18. The van der Waals surface area contributed by atoms with Crippen molar-refractivity contribution in [2.45, 2.75) is 0 Å². The number of hydrogen-bond donors (Lipinski definition) is 1. The second-order valence-electron chi connectivity index (χ2n) is 5.36. The van der Waals surface area contributed by atoms with Crippen molar-refractivity contribution in [1.29, 1.82) is 0 Å². The first-order valence-corrected chi connectivity index (χ1v) is 8.73. The Kier molecular flexibility index (Phi) is 3.76. The molecule has 1 aliphatic carbocycles. The van der Waals surface area contributed by atoms with Gasteiger partial charge in [0, 0.05) is 0 Å². The van der Waals surface area contributed by atoms with Crippen molar-refractivity contribution >= 4 is 67.4 Å². The summed E-state index contributed by atoms with van der Waals surface area (Å²) in [5.74, 6) is -0.187. The zero-order valence-electron chi connectivity index (χ0n) is 12.5. The van der Waals surface area contributed by atoms with E-state index >= 15 is 0 Å². The van der Waals surface area contributed by atoms with Crippen molar-refractivity contribution < 1.29 is 4.79 Å². The molecule has 0 radical (unpaired) electrons. The maximum atomic E-state index is 12.4. The third-order valence-electron chi connectivity index (χ3n) is 3.77. The molecule has 2 heterocycles. The average Bonchev–Trinajstić information content (AvgIpc) is 2.94. The summed E-state index contributed by atoms with van der Waals surface area (Å²) in [6, 6.07) is 7.65. The van der Waals surface area contributed by atoms with Crippen molar-refractivity contribution in [3.8, 4) is 0 Å². The van der Waals surface area contributed by atoms with E-state index in [1.54, 1.807) is 4.40 Å². The average molecular weight is 390 g/mol. The molecule has 0 amide bonds.